The molecule has 0 unspecified atom stereocenters. The Morgan fingerprint density at radius 3 is 2.15 bits per heavy atom. The van der Waals surface area contributed by atoms with Crippen LogP contribution in [-0.4, -0.2) is 89.7 Å². The van der Waals surface area contributed by atoms with Gasteiger partial charge in [-0.3, -0.25) is 19.3 Å². The Morgan fingerprint density at radius 2 is 1.53 bits per heavy atom. The van der Waals surface area contributed by atoms with E-state index in [2.05, 4.69) is 72.4 Å². The molecule has 6 aliphatic carbocycles. The molecule has 0 aromatic heterocycles. The van der Waals surface area contributed by atoms with Crippen LogP contribution in [-0.2, 0) is 19.1 Å². The second kappa shape index (κ2) is 15.1. The highest BCUT2D eigenvalue weighted by molar-refractivity contribution is 6.00. The number of ketones is 1. The third kappa shape index (κ3) is 7.10. The molecule has 312 valence electrons. The number of rotatable bonds is 12. The van der Waals surface area contributed by atoms with E-state index in [-0.39, 0.29) is 51.8 Å². The number of aliphatic hydroxyl groups is 1. The lowest BCUT2D eigenvalue weighted by atomic mass is 9.33. The minimum Gasteiger partial charge on any atom is -0.481 e. The number of aliphatic hydroxyl groups excluding tert-OH is 1. The second-order valence-corrected chi connectivity index (χ2v) is 22.2. The maximum atomic E-state index is 14.3. The summed E-state index contributed by atoms with van der Waals surface area (Å²) >= 11 is 0. The first-order chi connectivity index (χ1) is 25.5. The lowest BCUT2D eigenvalue weighted by molar-refractivity contribution is -0.235. The molecule has 0 saturated heterocycles. The molecule has 0 radical (unpaired) electrons. The first-order valence-corrected chi connectivity index (χ1v) is 22.3. The van der Waals surface area contributed by atoms with E-state index in [1.807, 2.05) is 0 Å². The van der Waals surface area contributed by atoms with Crippen molar-refractivity contribution in [2.45, 2.75) is 177 Å². The van der Waals surface area contributed by atoms with Gasteiger partial charge in [-0.15, -0.1) is 0 Å². The van der Waals surface area contributed by atoms with Crippen molar-refractivity contribution in [3.8, 4) is 0 Å². The molecule has 0 aromatic carbocycles. The van der Waals surface area contributed by atoms with E-state index in [0.29, 0.717) is 30.8 Å². The topological polar surface area (TPSA) is 107 Å². The molecular weight excluding hydrogens is 689 g/mol. The van der Waals surface area contributed by atoms with Crippen molar-refractivity contribution >= 4 is 17.7 Å². The second-order valence-electron chi connectivity index (χ2n) is 22.2. The number of ether oxygens (including phenoxy) is 1. The molecule has 0 aliphatic heterocycles. The molecule has 5 saturated carbocycles. The number of esters is 1. The van der Waals surface area contributed by atoms with E-state index in [0.717, 1.165) is 70.0 Å². The van der Waals surface area contributed by atoms with Crippen LogP contribution in [0.5, 0.6) is 0 Å². The molecule has 0 heterocycles. The quantitative estimate of drug-likeness (QED) is 0.190. The maximum absolute atomic E-state index is 14.3. The normalized spacial score (nSPS) is 38.4. The van der Waals surface area contributed by atoms with Crippen LogP contribution in [0.25, 0.3) is 0 Å². The molecule has 6 aliphatic rings. The molecule has 0 amide bonds. The maximum Gasteiger partial charge on any atom is 0.309 e. The summed E-state index contributed by atoms with van der Waals surface area (Å²) in [5.74, 6) is 0.214. The summed E-state index contributed by atoms with van der Waals surface area (Å²) in [7, 11) is 4.28. The molecule has 0 aromatic rings. The molecule has 6 rings (SSSR count). The molecule has 5 fully saturated rings. The van der Waals surface area contributed by atoms with E-state index in [1.165, 1.54) is 37.7 Å². The smallest absolute Gasteiger partial charge is 0.309 e. The number of Topliss-reactive ketones (excluding diaryl/α,β-unsaturated/α-hetero) is 1. The van der Waals surface area contributed by atoms with Crippen LogP contribution in [0.1, 0.15) is 159 Å². The van der Waals surface area contributed by atoms with Crippen molar-refractivity contribution in [3.05, 3.63) is 11.1 Å². The van der Waals surface area contributed by atoms with Gasteiger partial charge >= 0.3 is 11.9 Å². The predicted octanol–water partition coefficient (Wildman–Crippen LogP) is 8.94. The van der Waals surface area contributed by atoms with Gasteiger partial charge in [0, 0.05) is 42.9 Å². The number of carbonyl (C=O) groups is 3. The Kier molecular flexibility index (Phi) is 11.8. The van der Waals surface area contributed by atoms with E-state index in [9.17, 15) is 24.6 Å². The highest BCUT2D eigenvalue weighted by atomic mass is 16.5. The molecule has 2 N–H and O–H groups in total. The fourth-order valence-corrected chi connectivity index (χ4v) is 14.5. The Hall–Kier alpha value is -1.77. The van der Waals surface area contributed by atoms with Gasteiger partial charge in [0.1, 0.15) is 6.10 Å². The monoisotopic (exact) mass is 767 g/mol. The summed E-state index contributed by atoms with van der Waals surface area (Å²) in [6.45, 7) is 22.5. The summed E-state index contributed by atoms with van der Waals surface area (Å²) in [5, 5.41) is 22.4. The predicted molar refractivity (Wildman–Crippen MR) is 218 cm³/mol. The average Bonchev–Trinajstić information content (AvgIpc) is 3.41. The Bertz CT molecular complexity index is 1510. The Balaban J connectivity index is 1.29. The summed E-state index contributed by atoms with van der Waals surface area (Å²) in [6.07, 6.45) is 13.8. The molecule has 8 nitrogen and oxygen atoms in total. The van der Waals surface area contributed by atoms with Crippen molar-refractivity contribution in [1.82, 2.24) is 9.80 Å². The number of aliphatic carboxylic acids is 1. The number of carbonyl (C=O) groups excluding carboxylic acids is 2. The van der Waals surface area contributed by atoms with Crippen molar-refractivity contribution in [3.63, 3.8) is 0 Å². The van der Waals surface area contributed by atoms with Gasteiger partial charge in [-0.05, 0) is 138 Å². The fraction of sp³-hybridized carbons (Fsp3) is 0.894. The summed E-state index contributed by atoms with van der Waals surface area (Å²) < 4.78 is 6.20. The lowest BCUT2D eigenvalue weighted by Crippen LogP contribution is -2.66. The molecule has 9 atom stereocenters. The average molecular weight is 767 g/mol. The van der Waals surface area contributed by atoms with Crippen LogP contribution in [0.15, 0.2) is 11.1 Å². The lowest BCUT2D eigenvalue weighted by Gasteiger charge is -2.72. The Morgan fingerprint density at radius 1 is 0.855 bits per heavy atom. The summed E-state index contributed by atoms with van der Waals surface area (Å²) in [4.78, 5) is 44.1. The van der Waals surface area contributed by atoms with Gasteiger partial charge in [-0.1, -0.05) is 73.3 Å². The third-order valence-electron chi connectivity index (χ3n) is 17.8. The van der Waals surface area contributed by atoms with Crippen molar-refractivity contribution in [1.29, 1.82) is 0 Å². The summed E-state index contributed by atoms with van der Waals surface area (Å²) in [6, 6.07) is 0.507. The number of nitrogens with zero attached hydrogens (tertiary/aromatic N) is 2. The minimum absolute atomic E-state index is 0.0110. The van der Waals surface area contributed by atoms with E-state index >= 15 is 0 Å². The van der Waals surface area contributed by atoms with E-state index in [4.69, 9.17) is 4.74 Å². The van der Waals surface area contributed by atoms with E-state index in [1.54, 1.807) is 13.8 Å². The van der Waals surface area contributed by atoms with Gasteiger partial charge in [0.15, 0.2) is 5.78 Å². The SMILES string of the molecule is CC(C)C1=C2[C@H]3CC[C@@H]4[C@@]5(C)CC[C@H](OC(=O)CC(C)(C)C(=O)O)C(C)(C)[C@@H]5CC[C@@]4(C)[C@]3(C)CC[C@@]2([C@@H](O)CN(CCN(C)C)C2CCCCC2)CC1=O. The first kappa shape index (κ1) is 42.8. The molecule has 55 heavy (non-hydrogen) atoms. The highest BCUT2D eigenvalue weighted by Crippen LogP contribution is 2.77. The largest absolute Gasteiger partial charge is 0.481 e. The zero-order valence-corrected chi connectivity index (χ0v) is 36.7. The van der Waals surface area contributed by atoms with Crippen molar-refractivity contribution in [2.24, 2.45) is 56.2 Å². The summed E-state index contributed by atoms with van der Waals surface area (Å²) in [5.41, 5.74) is 0.699. The van der Waals surface area contributed by atoms with E-state index < -0.39 is 28.9 Å². The third-order valence-corrected chi connectivity index (χ3v) is 17.8. The molecule has 0 spiro atoms. The number of fused-ring (bicyclic) bond motifs is 7. The minimum atomic E-state index is -1.16. The fourth-order valence-electron chi connectivity index (χ4n) is 14.5. The van der Waals surface area contributed by atoms with Crippen LogP contribution in [0.2, 0.25) is 0 Å². The zero-order valence-electron chi connectivity index (χ0n) is 36.7. The standard InChI is InChI=1S/C47H78N2O6/c1-30(2)39-33(50)27-47(36(51)29-49(26-25-48(10)11)31-15-13-12-14-16-31)24-23-45(8)32(40(39)47)17-18-35-44(7)21-20-37(55-38(52)28-42(3,4)41(53)54)43(5,6)34(44)19-22-46(35,45)9/h30-32,34-37,51H,12-29H2,1-11H3,(H,53,54)/t32-,34+,35-,36+,37+,44+,45-,46-,47+/m1/s1. The van der Waals surface area contributed by atoms with Gasteiger partial charge in [-0.2, -0.15) is 0 Å². The van der Waals surface area contributed by atoms with Gasteiger partial charge in [0.2, 0.25) is 0 Å². The number of hydrogen-bond donors (Lipinski definition) is 2. The molecule has 8 heteroatoms. The van der Waals surface area contributed by atoms with Gasteiger partial charge in [0.25, 0.3) is 0 Å². The molecular formula is C47H78N2O6. The highest BCUT2D eigenvalue weighted by Gasteiger charge is 2.71. The van der Waals surface area contributed by atoms with Crippen LogP contribution in [0.4, 0.5) is 0 Å². The van der Waals surface area contributed by atoms with Crippen LogP contribution < -0.4 is 0 Å². The van der Waals surface area contributed by atoms with Crippen LogP contribution >= 0.6 is 0 Å². The van der Waals surface area contributed by atoms with Gasteiger partial charge in [-0.25, -0.2) is 0 Å². The van der Waals surface area contributed by atoms with Crippen LogP contribution in [0, 0.1) is 56.2 Å². The van der Waals surface area contributed by atoms with Crippen LogP contribution in [0.3, 0.4) is 0 Å². The number of carboxylic acids is 1. The van der Waals surface area contributed by atoms with Crippen molar-refractivity contribution in [2.75, 3.05) is 33.7 Å². The zero-order chi connectivity index (χ0) is 40.5. The Labute approximate surface area is 334 Å². The van der Waals surface area contributed by atoms with Gasteiger partial charge in [0.05, 0.1) is 17.9 Å². The first-order valence-electron chi connectivity index (χ1n) is 22.3. The number of hydrogen-bond acceptors (Lipinski definition) is 7. The number of likely N-dealkylation sites (N-methyl/N-ethyl adjacent to an activating group) is 1. The molecule has 0 bridgehead atoms. The van der Waals surface area contributed by atoms with Gasteiger partial charge < -0.3 is 19.8 Å². The number of allylic oxidation sites excluding steroid dienone is 1. The van der Waals surface area contributed by atoms with Crippen molar-refractivity contribution < 1.29 is 29.3 Å². The number of carboxylic acid groups (broad SMARTS) is 1.